The second-order valence-corrected chi connectivity index (χ2v) is 11.3. The summed E-state index contributed by atoms with van der Waals surface area (Å²) in [5.41, 5.74) is 8.84. The Labute approximate surface area is 216 Å². The van der Waals surface area contributed by atoms with Crippen molar-refractivity contribution in [2.75, 3.05) is 11.9 Å². The van der Waals surface area contributed by atoms with Gasteiger partial charge in [0.05, 0.1) is 29.0 Å². The van der Waals surface area contributed by atoms with Crippen molar-refractivity contribution in [3.8, 4) is 0 Å². The van der Waals surface area contributed by atoms with Gasteiger partial charge in [0, 0.05) is 33.9 Å². The van der Waals surface area contributed by atoms with E-state index in [-0.39, 0.29) is 18.7 Å². The molecule has 0 fully saturated rings. The number of nitrogens with two attached hydrogens (primary N) is 2. The summed E-state index contributed by atoms with van der Waals surface area (Å²) in [7, 11) is 0. The molecule has 2 aromatic carbocycles. The Morgan fingerprint density at radius 2 is 1.80 bits per heavy atom. The Morgan fingerprint density at radius 1 is 1.17 bits per heavy atom. The van der Waals surface area contributed by atoms with Crippen LogP contribution in [-0.2, 0) is 6.42 Å². The highest BCUT2D eigenvalue weighted by Gasteiger charge is 2.48. The van der Waals surface area contributed by atoms with Crippen LogP contribution in [0.5, 0.6) is 0 Å². The number of rotatable bonds is 7. The SMILES string of the molecule is C/C(N)=C1\c2ccc(Br)cc2C(Nc2ccc(CCO)cc2)CC([C@H](C)C(C)(O)C(C)(C)O)N1N. The van der Waals surface area contributed by atoms with Gasteiger partial charge < -0.3 is 31.4 Å². The molecule has 1 aliphatic rings. The van der Waals surface area contributed by atoms with Crippen molar-refractivity contribution in [2.45, 2.75) is 70.7 Å². The second kappa shape index (κ2) is 10.5. The number of benzene rings is 2. The minimum absolute atomic E-state index is 0.109. The van der Waals surface area contributed by atoms with E-state index >= 15 is 0 Å². The van der Waals surface area contributed by atoms with Crippen LogP contribution >= 0.6 is 15.9 Å². The number of aliphatic hydroxyl groups excluding tert-OH is 1. The van der Waals surface area contributed by atoms with Gasteiger partial charge in [0.25, 0.3) is 0 Å². The lowest BCUT2D eigenvalue weighted by Crippen LogP contribution is -2.59. The van der Waals surface area contributed by atoms with E-state index in [4.69, 9.17) is 11.6 Å². The standard InChI is InChI=1S/C27H39BrN4O3/c1-16(27(5,35)26(3,4)34)24-15-23(31-20-9-6-18(7-10-20)12-13-33)22-14-19(28)8-11-21(22)25(17(2)29)32(24)30/h6-11,14,16,23-24,31,33-35H,12-13,15,29-30H2,1-5H3/b25-17-/t16-,23?,24?,27?/m0/s1. The van der Waals surface area contributed by atoms with E-state index in [0.717, 1.165) is 26.9 Å². The molecule has 0 aromatic heterocycles. The Bertz CT molecular complexity index is 1060. The summed E-state index contributed by atoms with van der Waals surface area (Å²) in [6.07, 6.45) is 1.17. The van der Waals surface area contributed by atoms with Gasteiger partial charge >= 0.3 is 0 Å². The molecule has 8 heteroatoms. The van der Waals surface area contributed by atoms with E-state index in [0.29, 0.717) is 24.2 Å². The van der Waals surface area contributed by atoms with Gasteiger partial charge in [-0.1, -0.05) is 41.1 Å². The van der Waals surface area contributed by atoms with Crippen LogP contribution in [0.4, 0.5) is 5.69 Å². The molecule has 1 heterocycles. The Kier molecular flexibility index (Phi) is 8.23. The van der Waals surface area contributed by atoms with Crippen LogP contribution in [0.25, 0.3) is 5.70 Å². The zero-order valence-corrected chi connectivity index (χ0v) is 22.8. The molecular weight excluding hydrogens is 508 g/mol. The highest BCUT2D eigenvalue weighted by molar-refractivity contribution is 9.10. The van der Waals surface area contributed by atoms with Crippen molar-refractivity contribution in [3.63, 3.8) is 0 Å². The largest absolute Gasteiger partial charge is 0.401 e. The maximum atomic E-state index is 11.4. The van der Waals surface area contributed by atoms with Crippen molar-refractivity contribution in [1.82, 2.24) is 5.01 Å². The number of nitrogens with one attached hydrogen (secondary N) is 1. The van der Waals surface area contributed by atoms with Crippen LogP contribution in [-0.4, -0.2) is 44.2 Å². The molecule has 1 aliphatic heterocycles. The molecule has 3 rings (SSSR count). The number of aliphatic hydroxyl groups is 3. The van der Waals surface area contributed by atoms with Gasteiger partial charge in [-0.05, 0) is 75.9 Å². The molecule has 2 aromatic rings. The molecule has 0 saturated heterocycles. The summed E-state index contributed by atoms with van der Waals surface area (Å²) >= 11 is 3.61. The van der Waals surface area contributed by atoms with Gasteiger partial charge in [-0.25, -0.2) is 5.84 Å². The van der Waals surface area contributed by atoms with Crippen molar-refractivity contribution < 1.29 is 15.3 Å². The highest BCUT2D eigenvalue weighted by Crippen LogP contribution is 2.43. The quantitative estimate of drug-likeness (QED) is 0.290. The van der Waals surface area contributed by atoms with Crippen LogP contribution in [0.15, 0.2) is 52.6 Å². The molecule has 35 heavy (non-hydrogen) atoms. The predicted octanol–water partition coefficient (Wildman–Crippen LogP) is 3.89. The van der Waals surface area contributed by atoms with E-state index in [1.165, 1.54) is 0 Å². The van der Waals surface area contributed by atoms with Crippen LogP contribution in [0, 0.1) is 5.92 Å². The first-order valence-corrected chi connectivity index (χ1v) is 12.8. The molecule has 0 aliphatic carbocycles. The number of anilines is 1. The molecule has 0 saturated carbocycles. The zero-order valence-electron chi connectivity index (χ0n) is 21.2. The lowest BCUT2D eigenvalue weighted by molar-refractivity contribution is -0.160. The first-order valence-electron chi connectivity index (χ1n) is 12.0. The van der Waals surface area contributed by atoms with E-state index < -0.39 is 17.1 Å². The van der Waals surface area contributed by atoms with Crippen LogP contribution in [0.2, 0.25) is 0 Å². The summed E-state index contributed by atoms with van der Waals surface area (Å²) < 4.78 is 0.939. The third kappa shape index (κ3) is 5.67. The van der Waals surface area contributed by atoms with Gasteiger partial charge in [0.2, 0.25) is 0 Å². The molecule has 8 N–H and O–H groups in total. The molecular formula is C27H39BrN4O3. The van der Waals surface area contributed by atoms with Crippen LogP contribution in [0.1, 0.15) is 63.8 Å². The number of halogens is 1. The highest BCUT2D eigenvalue weighted by atomic mass is 79.9. The number of nitrogens with zero attached hydrogens (tertiary/aromatic N) is 1. The molecule has 0 spiro atoms. The number of hydrazine groups is 1. The summed E-state index contributed by atoms with van der Waals surface area (Å²) in [4.78, 5) is 0. The Morgan fingerprint density at radius 3 is 2.34 bits per heavy atom. The summed E-state index contributed by atoms with van der Waals surface area (Å²) in [6.45, 7) is 8.73. The minimum Gasteiger partial charge on any atom is -0.401 e. The van der Waals surface area contributed by atoms with Crippen LogP contribution in [0.3, 0.4) is 0 Å². The van der Waals surface area contributed by atoms with E-state index in [9.17, 15) is 15.3 Å². The molecule has 192 valence electrons. The maximum Gasteiger partial charge on any atom is 0.0945 e. The fourth-order valence-electron chi connectivity index (χ4n) is 4.85. The minimum atomic E-state index is -1.42. The van der Waals surface area contributed by atoms with Crippen LogP contribution < -0.4 is 16.9 Å². The lowest BCUT2D eigenvalue weighted by Gasteiger charge is -2.46. The summed E-state index contributed by atoms with van der Waals surface area (Å²) in [5, 5.41) is 36.7. The van der Waals surface area contributed by atoms with Crippen molar-refractivity contribution in [3.05, 3.63) is 69.3 Å². The summed E-state index contributed by atoms with van der Waals surface area (Å²) in [6, 6.07) is 13.6. The number of hydrogen-bond acceptors (Lipinski definition) is 7. The normalized spacial score (nSPS) is 22.6. The topological polar surface area (TPSA) is 128 Å². The Balaban J connectivity index is 2.12. The lowest BCUT2D eigenvalue weighted by atomic mass is 9.73. The first kappa shape index (κ1) is 27.5. The fraction of sp³-hybridized carbons (Fsp3) is 0.481. The van der Waals surface area contributed by atoms with E-state index in [1.807, 2.05) is 50.2 Å². The van der Waals surface area contributed by atoms with Gasteiger partial charge in [0.15, 0.2) is 0 Å². The predicted molar refractivity (Wildman–Crippen MR) is 145 cm³/mol. The van der Waals surface area contributed by atoms with Crippen molar-refractivity contribution in [2.24, 2.45) is 17.5 Å². The third-order valence-corrected chi connectivity index (χ3v) is 8.00. The Hall–Kier alpha value is -2.10. The summed E-state index contributed by atoms with van der Waals surface area (Å²) in [5.74, 6) is 6.36. The van der Waals surface area contributed by atoms with Crippen molar-refractivity contribution >= 4 is 27.3 Å². The average Bonchev–Trinajstić information content (AvgIpc) is 2.88. The van der Waals surface area contributed by atoms with Gasteiger partial charge in [-0.15, -0.1) is 0 Å². The molecule has 4 atom stereocenters. The first-order chi connectivity index (χ1) is 16.3. The third-order valence-electron chi connectivity index (χ3n) is 7.51. The maximum absolute atomic E-state index is 11.4. The average molecular weight is 548 g/mol. The monoisotopic (exact) mass is 546 g/mol. The molecule has 0 radical (unpaired) electrons. The van der Waals surface area contributed by atoms with Crippen molar-refractivity contribution in [1.29, 1.82) is 0 Å². The fourth-order valence-corrected chi connectivity index (χ4v) is 5.23. The number of allylic oxidation sites excluding steroid dienone is 1. The van der Waals surface area contributed by atoms with E-state index in [1.54, 1.807) is 25.8 Å². The zero-order chi connectivity index (χ0) is 26.1. The van der Waals surface area contributed by atoms with E-state index in [2.05, 4.69) is 27.3 Å². The second-order valence-electron chi connectivity index (χ2n) is 10.3. The molecule has 7 nitrogen and oxygen atoms in total. The smallest absolute Gasteiger partial charge is 0.0945 e. The number of fused-ring (bicyclic) bond motifs is 1. The van der Waals surface area contributed by atoms with Gasteiger partial charge in [-0.2, -0.15) is 0 Å². The molecule has 3 unspecified atom stereocenters. The molecule has 0 bridgehead atoms. The molecule has 0 amide bonds. The number of hydrogen-bond donors (Lipinski definition) is 6. The van der Waals surface area contributed by atoms with Gasteiger partial charge in [-0.3, -0.25) is 0 Å². The van der Waals surface area contributed by atoms with Gasteiger partial charge in [0.1, 0.15) is 0 Å².